The van der Waals surface area contributed by atoms with Crippen LogP contribution in [0, 0.1) is 13.8 Å². The van der Waals surface area contributed by atoms with Gasteiger partial charge in [-0.1, -0.05) is 0 Å². The third-order valence-electron chi connectivity index (χ3n) is 2.60. The van der Waals surface area contributed by atoms with E-state index in [4.69, 9.17) is 0 Å². The van der Waals surface area contributed by atoms with Gasteiger partial charge in [-0.25, -0.2) is 4.98 Å². The van der Waals surface area contributed by atoms with Gasteiger partial charge in [0, 0.05) is 30.1 Å². The normalized spacial score (nSPS) is 19.4. The molecule has 78 valence electrons. The Morgan fingerprint density at radius 3 is 2.64 bits per heavy atom. The number of hydrogen-bond donors (Lipinski definition) is 2. The number of rotatable bonds is 3. The van der Waals surface area contributed by atoms with Crippen LogP contribution >= 0.6 is 11.3 Å². The molecule has 1 atom stereocenters. The number of hydrogen-bond acceptors (Lipinski definition) is 4. The standard InChI is InChI=1S/C10H17N3S/c1-6-10(14-8(3)12-6)7(2)13-9-4-11-5-9/h7,9,11,13H,4-5H2,1-3H3. The molecule has 1 aromatic heterocycles. The van der Waals surface area contributed by atoms with Crippen LogP contribution in [0.25, 0.3) is 0 Å². The fourth-order valence-electron chi connectivity index (χ4n) is 1.78. The molecule has 1 unspecified atom stereocenters. The first-order chi connectivity index (χ1) is 6.66. The van der Waals surface area contributed by atoms with Crippen LogP contribution in [0.2, 0.25) is 0 Å². The van der Waals surface area contributed by atoms with Crippen molar-refractivity contribution in [1.29, 1.82) is 0 Å². The Kier molecular flexibility index (Phi) is 2.85. The van der Waals surface area contributed by atoms with Gasteiger partial charge >= 0.3 is 0 Å². The summed E-state index contributed by atoms with van der Waals surface area (Å²) in [6.07, 6.45) is 0. The van der Waals surface area contributed by atoms with Gasteiger partial charge < -0.3 is 10.6 Å². The zero-order valence-corrected chi connectivity index (χ0v) is 9.74. The minimum absolute atomic E-state index is 0.438. The first kappa shape index (κ1) is 10.1. The highest BCUT2D eigenvalue weighted by molar-refractivity contribution is 7.11. The van der Waals surface area contributed by atoms with E-state index in [0.717, 1.165) is 18.1 Å². The highest BCUT2D eigenvalue weighted by Gasteiger charge is 2.21. The molecular weight excluding hydrogens is 194 g/mol. The van der Waals surface area contributed by atoms with Gasteiger partial charge in [-0.3, -0.25) is 0 Å². The van der Waals surface area contributed by atoms with Crippen LogP contribution in [0.5, 0.6) is 0 Å². The predicted octanol–water partition coefficient (Wildman–Crippen LogP) is 1.38. The molecule has 4 heteroatoms. The van der Waals surface area contributed by atoms with Gasteiger partial charge in [-0.05, 0) is 20.8 Å². The highest BCUT2D eigenvalue weighted by atomic mass is 32.1. The maximum absolute atomic E-state index is 4.45. The van der Waals surface area contributed by atoms with Crippen LogP contribution in [0.15, 0.2) is 0 Å². The lowest BCUT2D eigenvalue weighted by atomic mass is 10.1. The molecule has 1 aliphatic heterocycles. The van der Waals surface area contributed by atoms with Crippen LogP contribution in [0.4, 0.5) is 0 Å². The molecule has 2 heterocycles. The van der Waals surface area contributed by atoms with Gasteiger partial charge in [0.05, 0.1) is 10.7 Å². The van der Waals surface area contributed by atoms with Gasteiger partial charge in [0.15, 0.2) is 0 Å². The first-order valence-electron chi connectivity index (χ1n) is 5.07. The van der Waals surface area contributed by atoms with Crippen molar-refractivity contribution in [3.8, 4) is 0 Å². The van der Waals surface area contributed by atoms with Crippen LogP contribution in [0.3, 0.4) is 0 Å². The molecule has 2 rings (SSSR count). The van der Waals surface area contributed by atoms with Crippen LogP contribution in [-0.2, 0) is 0 Å². The van der Waals surface area contributed by atoms with Gasteiger partial charge in [0.2, 0.25) is 0 Å². The number of aromatic nitrogens is 1. The van der Waals surface area contributed by atoms with Crippen molar-refractivity contribution in [3.05, 3.63) is 15.6 Å². The van der Waals surface area contributed by atoms with Crippen LogP contribution < -0.4 is 10.6 Å². The van der Waals surface area contributed by atoms with Crippen LogP contribution in [-0.4, -0.2) is 24.1 Å². The lowest BCUT2D eigenvalue weighted by Gasteiger charge is -2.30. The van der Waals surface area contributed by atoms with E-state index in [2.05, 4.69) is 36.4 Å². The van der Waals surface area contributed by atoms with Crippen molar-refractivity contribution in [2.24, 2.45) is 0 Å². The zero-order chi connectivity index (χ0) is 10.1. The van der Waals surface area contributed by atoms with E-state index in [0.29, 0.717) is 12.1 Å². The van der Waals surface area contributed by atoms with E-state index in [1.807, 2.05) is 0 Å². The molecule has 3 nitrogen and oxygen atoms in total. The Hall–Kier alpha value is -0.450. The molecule has 0 amide bonds. The lowest BCUT2D eigenvalue weighted by Crippen LogP contribution is -2.55. The summed E-state index contributed by atoms with van der Waals surface area (Å²) in [7, 11) is 0. The maximum Gasteiger partial charge on any atom is 0.0900 e. The fourth-order valence-corrected chi connectivity index (χ4v) is 2.72. The summed E-state index contributed by atoms with van der Waals surface area (Å²) in [4.78, 5) is 5.83. The minimum atomic E-state index is 0.438. The number of nitrogens with zero attached hydrogens (tertiary/aromatic N) is 1. The molecule has 14 heavy (non-hydrogen) atoms. The molecule has 0 aromatic carbocycles. The zero-order valence-electron chi connectivity index (χ0n) is 8.92. The summed E-state index contributed by atoms with van der Waals surface area (Å²) in [6, 6.07) is 1.08. The molecule has 1 saturated heterocycles. The quantitative estimate of drug-likeness (QED) is 0.793. The second-order valence-electron chi connectivity index (χ2n) is 3.93. The molecular formula is C10H17N3S. The van der Waals surface area contributed by atoms with Crippen molar-refractivity contribution in [2.75, 3.05) is 13.1 Å². The average Bonchev–Trinajstić information content (AvgIpc) is 2.37. The summed E-state index contributed by atoms with van der Waals surface area (Å²) >= 11 is 1.81. The summed E-state index contributed by atoms with van der Waals surface area (Å²) in [6.45, 7) is 8.58. The first-order valence-corrected chi connectivity index (χ1v) is 5.89. The van der Waals surface area contributed by atoms with Gasteiger partial charge in [-0.15, -0.1) is 11.3 Å². The average molecular weight is 211 g/mol. The molecule has 1 aliphatic rings. The summed E-state index contributed by atoms with van der Waals surface area (Å²) < 4.78 is 0. The van der Waals surface area contributed by atoms with Gasteiger partial charge in [0.25, 0.3) is 0 Å². The minimum Gasteiger partial charge on any atom is -0.314 e. The molecule has 1 fully saturated rings. The van der Waals surface area contributed by atoms with E-state index in [9.17, 15) is 0 Å². The van der Waals surface area contributed by atoms with Crippen LogP contribution in [0.1, 0.15) is 28.5 Å². The third kappa shape index (κ3) is 1.97. The lowest BCUT2D eigenvalue weighted by molar-refractivity contribution is 0.339. The summed E-state index contributed by atoms with van der Waals surface area (Å²) in [5.74, 6) is 0. The fraction of sp³-hybridized carbons (Fsp3) is 0.700. The molecule has 0 spiro atoms. The molecule has 0 saturated carbocycles. The van der Waals surface area contributed by atoms with Gasteiger partial charge in [0.1, 0.15) is 0 Å². The molecule has 1 aromatic rings. The van der Waals surface area contributed by atoms with E-state index < -0.39 is 0 Å². The Bertz CT molecular complexity index is 317. The largest absolute Gasteiger partial charge is 0.314 e. The van der Waals surface area contributed by atoms with Crippen molar-refractivity contribution >= 4 is 11.3 Å². The van der Waals surface area contributed by atoms with E-state index >= 15 is 0 Å². The van der Waals surface area contributed by atoms with Crippen molar-refractivity contribution in [1.82, 2.24) is 15.6 Å². The van der Waals surface area contributed by atoms with Crippen molar-refractivity contribution < 1.29 is 0 Å². The highest BCUT2D eigenvalue weighted by Crippen LogP contribution is 2.24. The van der Waals surface area contributed by atoms with E-state index in [1.165, 1.54) is 10.6 Å². The molecule has 0 aliphatic carbocycles. The van der Waals surface area contributed by atoms with Gasteiger partial charge in [-0.2, -0.15) is 0 Å². The van der Waals surface area contributed by atoms with Crippen molar-refractivity contribution in [2.45, 2.75) is 32.9 Å². The third-order valence-corrected chi connectivity index (χ3v) is 3.86. The van der Waals surface area contributed by atoms with E-state index in [1.54, 1.807) is 11.3 Å². The van der Waals surface area contributed by atoms with Crippen molar-refractivity contribution in [3.63, 3.8) is 0 Å². The Morgan fingerprint density at radius 2 is 2.21 bits per heavy atom. The molecule has 0 radical (unpaired) electrons. The number of thiazole rings is 1. The molecule has 0 bridgehead atoms. The monoisotopic (exact) mass is 211 g/mol. The molecule has 2 N–H and O–H groups in total. The maximum atomic E-state index is 4.45. The Balaban J connectivity index is 2.02. The Labute approximate surface area is 88.9 Å². The smallest absolute Gasteiger partial charge is 0.0900 e. The number of aryl methyl sites for hydroxylation is 2. The summed E-state index contributed by atoms with van der Waals surface area (Å²) in [5.41, 5.74) is 1.18. The second-order valence-corrected chi connectivity index (χ2v) is 5.16. The summed E-state index contributed by atoms with van der Waals surface area (Å²) in [5, 5.41) is 8.02. The Morgan fingerprint density at radius 1 is 1.50 bits per heavy atom. The van der Waals surface area contributed by atoms with E-state index in [-0.39, 0.29) is 0 Å². The SMILES string of the molecule is Cc1nc(C)c(C(C)NC2CNC2)s1. The second kappa shape index (κ2) is 3.96. The topological polar surface area (TPSA) is 37.0 Å². The number of nitrogens with one attached hydrogen (secondary N) is 2. The predicted molar refractivity (Wildman–Crippen MR) is 59.8 cm³/mol.